The van der Waals surface area contributed by atoms with E-state index >= 15 is 0 Å². The van der Waals surface area contributed by atoms with Gasteiger partial charge in [-0.25, -0.2) is 13.6 Å². The summed E-state index contributed by atoms with van der Waals surface area (Å²) in [6.45, 7) is 4.87. The highest BCUT2D eigenvalue weighted by atomic mass is 32.2. The Hall–Kier alpha value is -1.11. The van der Waals surface area contributed by atoms with E-state index in [1.54, 1.807) is 12.1 Å². The fraction of sp³-hybridized carbons (Fsp3) is 0.538. The summed E-state index contributed by atoms with van der Waals surface area (Å²) in [5.41, 5.74) is 0.672. The van der Waals surface area contributed by atoms with Crippen LogP contribution in [0.15, 0.2) is 29.2 Å². The van der Waals surface area contributed by atoms with Crippen molar-refractivity contribution in [2.45, 2.75) is 31.6 Å². The molecule has 1 rings (SSSR count). The molecule has 1 aromatic carbocycles. The monoisotopic (exact) mass is 286 g/mol. The Morgan fingerprint density at radius 1 is 1.21 bits per heavy atom. The van der Waals surface area contributed by atoms with Crippen LogP contribution in [0.2, 0.25) is 0 Å². The van der Waals surface area contributed by atoms with Crippen molar-refractivity contribution in [3.8, 4) is 0 Å². The maximum absolute atomic E-state index is 11.1. The van der Waals surface area contributed by atoms with Crippen molar-refractivity contribution >= 4 is 15.7 Å². The minimum Gasteiger partial charge on any atom is -0.396 e. The smallest absolute Gasteiger partial charge is 0.238 e. The lowest BCUT2D eigenvalue weighted by molar-refractivity contribution is 0.127. The van der Waals surface area contributed by atoms with E-state index in [2.05, 4.69) is 5.32 Å². The first-order valence-electron chi connectivity index (χ1n) is 6.34. The molecule has 1 aromatic rings. The van der Waals surface area contributed by atoms with Crippen LogP contribution in [0, 0.1) is 5.41 Å². The van der Waals surface area contributed by atoms with Crippen LogP contribution in [0.4, 0.5) is 5.69 Å². The van der Waals surface area contributed by atoms with E-state index in [9.17, 15) is 13.5 Å². The zero-order valence-corrected chi connectivity index (χ0v) is 12.2. The van der Waals surface area contributed by atoms with Crippen molar-refractivity contribution in [3.05, 3.63) is 24.3 Å². The van der Waals surface area contributed by atoms with Gasteiger partial charge in [0, 0.05) is 17.6 Å². The number of primary sulfonamides is 1. The summed E-state index contributed by atoms with van der Waals surface area (Å²) in [5.74, 6) is 0. The first-order valence-corrected chi connectivity index (χ1v) is 7.89. The molecule has 0 aliphatic rings. The van der Waals surface area contributed by atoms with Crippen molar-refractivity contribution in [2.75, 3.05) is 18.5 Å². The zero-order chi connectivity index (χ0) is 14.5. The predicted octanol–water partition coefficient (Wildman–Crippen LogP) is 1.54. The Kier molecular flexibility index (Phi) is 5.34. The Morgan fingerprint density at radius 3 is 2.11 bits per heavy atom. The van der Waals surface area contributed by atoms with Gasteiger partial charge in [-0.2, -0.15) is 0 Å². The van der Waals surface area contributed by atoms with Gasteiger partial charge in [0.15, 0.2) is 0 Å². The molecule has 0 spiro atoms. The third-order valence-corrected chi connectivity index (χ3v) is 4.62. The largest absolute Gasteiger partial charge is 0.396 e. The average Bonchev–Trinajstić information content (AvgIpc) is 2.40. The fourth-order valence-corrected chi connectivity index (χ4v) is 2.35. The molecule has 0 heterocycles. The second-order valence-corrected chi connectivity index (χ2v) is 6.35. The second-order valence-electron chi connectivity index (χ2n) is 4.79. The van der Waals surface area contributed by atoms with E-state index < -0.39 is 10.0 Å². The van der Waals surface area contributed by atoms with E-state index in [4.69, 9.17) is 5.14 Å². The molecule has 0 radical (unpaired) electrons. The number of anilines is 1. The molecule has 0 aliphatic heterocycles. The Balaban J connectivity index is 2.74. The molecule has 0 amide bonds. The minimum atomic E-state index is -3.64. The number of hydrogen-bond acceptors (Lipinski definition) is 4. The maximum atomic E-state index is 11.1. The Bertz CT molecular complexity index is 485. The lowest BCUT2D eigenvalue weighted by Gasteiger charge is -2.30. The van der Waals surface area contributed by atoms with Crippen LogP contribution in [0.25, 0.3) is 0 Å². The third-order valence-electron chi connectivity index (χ3n) is 3.69. The Morgan fingerprint density at radius 2 is 1.74 bits per heavy atom. The number of nitrogens with one attached hydrogen (secondary N) is 1. The third kappa shape index (κ3) is 4.19. The van der Waals surface area contributed by atoms with Crippen molar-refractivity contribution in [1.29, 1.82) is 0 Å². The predicted molar refractivity (Wildman–Crippen MR) is 76.4 cm³/mol. The molecule has 5 nitrogen and oxygen atoms in total. The van der Waals surface area contributed by atoms with Crippen LogP contribution < -0.4 is 10.5 Å². The summed E-state index contributed by atoms with van der Waals surface area (Å²) in [6.07, 6.45) is 1.75. The van der Waals surface area contributed by atoms with Gasteiger partial charge in [-0.3, -0.25) is 0 Å². The van der Waals surface area contributed by atoms with Crippen LogP contribution in [-0.4, -0.2) is 26.7 Å². The van der Waals surface area contributed by atoms with Gasteiger partial charge in [0.25, 0.3) is 0 Å². The lowest BCUT2D eigenvalue weighted by atomic mass is 9.83. The van der Waals surface area contributed by atoms with E-state index in [-0.39, 0.29) is 16.9 Å². The van der Waals surface area contributed by atoms with Gasteiger partial charge in [-0.05, 0) is 37.1 Å². The van der Waals surface area contributed by atoms with E-state index in [0.717, 1.165) is 18.5 Å². The van der Waals surface area contributed by atoms with Gasteiger partial charge in [-0.15, -0.1) is 0 Å². The van der Waals surface area contributed by atoms with Gasteiger partial charge in [0.2, 0.25) is 10.0 Å². The molecule has 0 aliphatic carbocycles. The van der Waals surface area contributed by atoms with E-state index in [1.165, 1.54) is 12.1 Å². The molecule has 0 saturated heterocycles. The van der Waals surface area contributed by atoms with Gasteiger partial charge in [0.05, 0.1) is 11.5 Å². The second kappa shape index (κ2) is 6.36. The van der Waals surface area contributed by atoms with Crippen LogP contribution in [-0.2, 0) is 10.0 Å². The number of aliphatic hydroxyl groups excluding tert-OH is 1. The molecule has 108 valence electrons. The molecule has 6 heteroatoms. The molecule has 0 fully saturated rings. The number of nitrogens with two attached hydrogens (primary N) is 1. The average molecular weight is 286 g/mol. The van der Waals surface area contributed by atoms with Gasteiger partial charge < -0.3 is 10.4 Å². The molecule has 0 aromatic heterocycles. The van der Waals surface area contributed by atoms with Gasteiger partial charge in [-0.1, -0.05) is 13.8 Å². The van der Waals surface area contributed by atoms with Crippen LogP contribution in [0.1, 0.15) is 26.7 Å². The summed E-state index contributed by atoms with van der Waals surface area (Å²) in [4.78, 5) is 0.0949. The topological polar surface area (TPSA) is 92.4 Å². The highest BCUT2D eigenvalue weighted by Gasteiger charge is 2.24. The molecule has 0 bridgehead atoms. The first-order chi connectivity index (χ1) is 8.87. The van der Waals surface area contributed by atoms with Gasteiger partial charge in [0.1, 0.15) is 0 Å². The summed E-state index contributed by atoms with van der Waals surface area (Å²) < 4.78 is 22.2. The van der Waals surface area contributed by atoms with Crippen molar-refractivity contribution in [3.63, 3.8) is 0 Å². The Labute approximate surface area is 114 Å². The first kappa shape index (κ1) is 15.9. The molecule has 0 saturated carbocycles. The standard InChI is InChI=1S/C13H22N2O3S/c1-3-13(4-2,10-16)9-15-11-5-7-12(8-6-11)19(14,17)18/h5-8,15-16H,3-4,9-10H2,1-2H3,(H2,14,17,18). The molecule has 4 N–H and O–H groups in total. The number of aliphatic hydroxyl groups is 1. The quantitative estimate of drug-likeness (QED) is 0.709. The highest BCUT2D eigenvalue weighted by Crippen LogP contribution is 2.26. The van der Waals surface area contributed by atoms with Crippen molar-refractivity contribution in [1.82, 2.24) is 0 Å². The molecule has 0 atom stereocenters. The number of hydrogen-bond donors (Lipinski definition) is 3. The van der Waals surface area contributed by atoms with Crippen LogP contribution in [0.3, 0.4) is 0 Å². The fourth-order valence-electron chi connectivity index (χ4n) is 1.83. The van der Waals surface area contributed by atoms with Crippen LogP contribution >= 0.6 is 0 Å². The van der Waals surface area contributed by atoms with Crippen molar-refractivity contribution < 1.29 is 13.5 Å². The number of sulfonamides is 1. The van der Waals surface area contributed by atoms with Crippen molar-refractivity contribution in [2.24, 2.45) is 10.6 Å². The zero-order valence-electron chi connectivity index (χ0n) is 11.4. The van der Waals surface area contributed by atoms with E-state index in [0.29, 0.717) is 6.54 Å². The molecule has 19 heavy (non-hydrogen) atoms. The van der Waals surface area contributed by atoms with Gasteiger partial charge >= 0.3 is 0 Å². The van der Waals surface area contributed by atoms with E-state index in [1.807, 2.05) is 13.8 Å². The molecular weight excluding hydrogens is 264 g/mol. The minimum absolute atomic E-state index is 0.0949. The summed E-state index contributed by atoms with van der Waals surface area (Å²) in [6, 6.07) is 6.28. The summed E-state index contributed by atoms with van der Waals surface area (Å²) >= 11 is 0. The number of rotatable bonds is 7. The maximum Gasteiger partial charge on any atom is 0.238 e. The SMILES string of the molecule is CCC(CC)(CO)CNc1ccc(S(N)(=O)=O)cc1. The van der Waals surface area contributed by atoms with Crippen LogP contribution in [0.5, 0.6) is 0 Å². The summed E-state index contributed by atoms with van der Waals surface area (Å²) in [7, 11) is -3.64. The molecule has 0 unspecified atom stereocenters. The molecular formula is C13H22N2O3S. The summed E-state index contributed by atoms with van der Waals surface area (Å²) in [5, 5.41) is 17.7. The normalized spacial score (nSPS) is 12.4. The highest BCUT2D eigenvalue weighted by molar-refractivity contribution is 7.89. The number of benzene rings is 1. The lowest BCUT2D eigenvalue weighted by Crippen LogP contribution is -2.32.